The molecule has 7 heteroatoms. The molecule has 1 aromatic carbocycles. The second kappa shape index (κ2) is 8.06. The Bertz CT molecular complexity index is 899. The van der Waals surface area contributed by atoms with Crippen molar-refractivity contribution in [3.63, 3.8) is 0 Å². The number of nitrogens with one attached hydrogen (secondary N) is 2. The lowest BCUT2D eigenvalue weighted by Gasteiger charge is -2.11. The molecule has 0 radical (unpaired) electrons. The molecular formula is C19H19N5O2. The van der Waals surface area contributed by atoms with E-state index in [4.69, 9.17) is 4.74 Å². The van der Waals surface area contributed by atoms with E-state index in [9.17, 15) is 4.79 Å². The number of ether oxygens (including phenoxy) is 1. The van der Waals surface area contributed by atoms with Crippen molar-refractivity contribution in [1.82, 2.24) is 20.3 Å². The predicted molar refractivity (Wildman–Crippen MR) is 98.5 cm³/mol. The van der Waals surface area contributed by atoms with Crippen LogP contribution in [-0.2, 0) is 6.54 Å². The second-order valence-electron chi connectivity index (χ2n) is 5.55. The maximum absolute atomic E-state index is 12.4. The molecule has 0 saturated heterocycles. The average Bonchev–Trinajstić information content (AvgIpc) is 2.67. The van der Waals surface area contributed by atoms with Crippen LogP contribution in [0.2, 0.25) is 0 Å². The van der Waals surface area contributed by atoms with E-state index < -0.39 is 0 Å². The van der Waals surface area contributed by atoms with Crippen LogP contribution >= 0.6 is 0 Å². The van der Waals surface area contributed by atoms with Crippen LogP contribution in [0.25, 0.3) is 0 Å². The smallest absolute Gasteiger partial charge is 0.270 e. The molecule has 0 fully saturated rings. The molecule has 2 N–H and O–H groups in total. The lowest BCUT2D eigenvalue weighted by atomic mass is 10.3. The van der Waals surface area contributed by atoms with Gasteiger partial charge in [0.2, 0.25) is 5.95 Å². The number of anilines is 2. The monoisotopic (exact) mass is 349 g/mol. The van der Waals surface area contributed by atoms with E-state index in [0.29, 0.717) is 23.9 Å². The highest BCUT2D eigenvalue weighted by Crippen LogP contribution is 2.25. The van der Waals surface area contributed by atoms with E-state index >= 15 is 0 Å². The highest BCUT2D eigenvalue weighted by Gasteiger charge is 2.12. The molecule has 0 aliphatic carbocycles. The van der Waals surface area contributed by atoms with Crippen LogP contribution in [-0.4, -0.2) is 28.0 Å². The van der Waals surface area contributed by atoms with Gasteiger partial charge in [-0.3, -0.25) is 9.78 Å². The third-order valence-corrected chi connectivity index (χ3v) is 3.60. The zero-order valence-electron chi connectivity index (χ0n) is 14.6. The number of aryl methyl sites for hydroxylation is 1. The number of nitrogens with zero attached hydrogens (tertiary/aromatic N) is 3. The zero-order chi connectivity index (χ0) is 18.4. The molecule has 2 aromatic heterocycles. The van der Waals surface area contributed by atoms with Gasteiger partial charge in [0.15, 0.2) is 0 Å². The highest BCUT2D eigenvalue weighted by molar-refractivity contribution is 5.92. The van der Waals surface area contributed by atoms with Crippen LogP contribution in [0.3, 0.4) is 0 Å². The molecule has 2 heterocycles. The van der Waals surface area contributed by atoms with Gasteiger partial charge < -0.3 is 15.4 Å². The zero-order valence-corrected chi connectivity index (χ0v) is 14.6. The summed E-state index contributed by atoms with van der Waals surface area (Å²) in [6, 6.07) is 14.6. The lowest BCUT2D eigenvalue weighted by molar-refractivity contribution is 0.0945. The molecule has 0 spiro atoms. The Labute approximate surface area is 151 Å². The standard InChI is InChI=1S/C19H19N5O2/c1-13-11-16(18(25)21-12-14-7-5-6-10-20-14)24-19(22-13)23-15-8-3-4-9-17(15)26-2/h3-11H,12H2,1-2H3,(H,21,25)(H,22,23,24). The number of methoxy groups -OCH3 is 1. The Hall–Kier alpha value is -3.48. The van der Waals surface area contributed by atoms with Gasteiger partial charge in [0.25, 0.3) is 5.91 Å². The number of pyridine rings is 1. The van der Waals surface area contributed by atoms with Crippen molar-refractivity contribution in [1.29, 1.82) is 0 Å². The molecule has 3 aromatic rings. The van der Waals surface area contributed by atoms with Gasteiger partial charge in [0, 0.05) is 11.9 Å². The number of carbonyl (C=O) groups is 1. The molecule has 7 nitrogen and oxygen atoms in total. The number of amides is 1. The summed E-state index contributed by atoms with van der Waals surface area (Å²) in [5, 5.41) is 5.91. The first-order chi connectivity index (χ1) is 12.7. The number of rotatable bonds is 6. The van der Waals surface area contributed by atoms with Gasteiger partial charge >= 0.3 is 0 Å². The van der Waals surface area contributed by atoms with Crippen molar-refractivity contribution in [2.75, 3.05) is 12.4 Å². The minimum atomic E-state index is -0.288. The Balaban J connectivity index is 1.75. The van der Waals surface area contributed by atoms with Gasteiger partial charge in [-0.2, -0.15) is 0 Å². The molecule has 132 valence electrons. The first kappa shape index (κ1) is 17.3. The van der Waals surface area contributed by atoms with Crippen molar-refractivity contribution < 1.29 is 9.53 Å². The van der Waals surface area contributed by atoms with Gasteiger partial charge in [-0.25, -0.2) is 9.97 Å². The van der Waals surface area contributed by atoms with Gasteiger partial charge in [-0.15, -0.1) is 0 Å². The van der Waals surface area contributed by atoms with Crippen molar-refractivity contribution >= 4 is 17.5 Å². The summed E-state index contributed by atoms with van der Waals surface area (Å²) in [6.45, 7) is 2.14. The number of benzene rings is 1. The van der Waals surface area contributed by atoms with E-state index in [1.807, 2.05) is 49.4 Å². The third kappa shape index (κ3) is 4.32. The normalized spacial score (nSPS) is 10.2. The summed E-state index contributed by atoms with van der Waals surface area (Å²) < 4.78 is 5.31. The van der Waals surface area contributed by atoms with E-state index in [-0.39, 0.29) is 11.6 Å². The SMILES string of the molecule is COc1ccccc1Nc1nc(C)cc(C(=O)NCc2ccccn2)n1. The minimum absolute atomic E-state index is 0.283. The van der Waals surface area contributed by atoms with E-state index in [0.717, 1.165) is 11.4 Å². The fraction of sp³-hybridized carbons (Fsp3) is 0.158. The van der Waals surface area contributed by atoms with E-state index in [1.54, 1.807) is 19.4 Å². The summed E-state index contributed by atoms with van der Waals surface area (Å²) in [7, 11) is 1.59. The quantitative estimate of drug-likeness (QED) is 0.711. The van der Waals surface area contributed by atoms with Gasteiger partial charge in [-0.1, -0.05) is 18.2 Å². The largest absolute Gasteiger partial charge is 0.495 e. The number of para-hydroxylation sites is 2. The van der Waals surface area contributed by atoms with Crippen molar-refractivity contribution in [3.05, 3.63) is 71.8 Å². The van der Waals surface area contributed by atoms with Crippen molar-refractivity contribution in [3.8, 4) is 5.75 Å². The molecule has 0 atom stereocenters. The number of carbonyl (C=O) groups excluding carboxylic acids is 1. The summed E-state index contributed by atoms with van der Waals surface area (Å²) in [6.07, 6.45) is 1.69. The van der Waals surface area contributed by atoms with Crippen molar-refractivity contribution in [2.24, 2.45) is 0 Å². The predicted octanol–water partition coefficient (Wildman–Crippen LogP) is 2.86. The molecule has 1 amide bonds. The number of hydrogen-bond acceptors (Lipinski definition) is 6. The minimum Gasteiger partial charge on any atom is -0.495 e. The third-order valence-electron chi connectivity index (χ3n) is 3.60. The van der Waals surface area contributed by atoms with Crippen LogP contribution in [0.15, 0.2) is 54.7 Å². The molecule has 0 bridgehead atoms. The fourth-order valence-corrected chi connectivity index (χ4v) is 2.37. The molecule has 0 aliphatic heterocycles. The van der Waals surface area contributed by atoms with Crippen LogP contribution in [0.4, 0.5) is 11.6 Å². The summed E-state index contributed by atoms with van der Waals surface area (Å²) in [4.78, 5) is 25.2. The second-order valence-corrected chi connectivity index (χ2v) is 5.55. The molecule has 0 unspecified atom stereocenters. The van der Waals surface area contributed by atoms with Crippen molar-refractivity contribution in [2.45, 2.75) is 13.5 Å². The Kier molecular flexibility index (Phi) is 5.38. The van der Waals surface area contributed by atoms with E-state index in [1.165, 1.54) is 0 Å². The topological polar surface area (TPSA) is 89.0 Å². The molecule has 3 rings (SSSR count). The fourth-order valence-electron chi connectivity index (χ4n) is 2.37. The van der Waals surface area contributed by atoms with Crippen LogP contribution in [0.5, 0.6) is 5.75 Å². The Morgan fingerprint density at radius 2 is 1.92 bits per heavy atom. The van der Waals surface area contributed by atoms with Gasteiger partial charge in [0.1, 0.15) is 11.4 Å². The maximum Gasteiger partial charge on any atom is 0.270 e. The first-order valence-electron chi connectivity index (χ1n) is 8.09. The molecule has 0 saturated carbocycles. The lowest BCUT2D eigenvalue weighted by Crippen LogP contribution is -2.24. The summed E-state index contributed by atoms with van der Waals surface area (Å²) >= 11 is 0. The van der Waals surface area contributed by atoms with Gasteiger partial charge in [-0.05, 0) is 37.3 Å². The Morgan fingerprint density at radius 3 is 2.69 bits per heavy atom. The number of aromatic nitrogens is 3. The van der Waals surface area contributed by atoms with Crippen LogP contribution < -0.4 is 15.4 Å². The summed E-state index contributed by atoms with van der Waals surface area (Å²) in [5.41, 5.74) is 2.46. The van der Waals surface area contributed by atoms with Crippen LogP contribution in [0, 0.1) is 6.92 Å². The first-order valence-corrected chi connectivity index (χ1v) is 8.09. The van der Waals surface area contributed by atoms with Gasteiger partial charge in [0.05, 0.1) is 25.0 Å². The molecule has 26 heavy (non-hydrogen) atoms. The van der Waals surface area contributed by atoms with E-state index in [2.05, 4.69) is 25.6 Å². The highest BCUT2D eigenvalue weighted by atomic mass is 16.5. The Morgan fingerprint density at radius 1 is 1.12 bits per heavy atom. The summed E-state index contributed by atoms with van der Waals surface area (Å²) in [5.74, 6) is 0.709. The maximum atomic E-state index is 12.4. The molecular weight excluding hydrogens is 330 g/mol. The molecule has 0 aliphatic rings. The average molecular weight is 349 g/mol. The number of hydrogen-bond donors (Lipinski definition) is 2. The van der Waals surface area contributed by atoms with Crippen LogP contribution in [0.1, 0.15) is 21.9 Å².